The van der Waals surface area contributed by atoms with Crippen LogP contribution in [-0.2, 0) is 55.7 Å². The van der Waals surface area contributed by atoms with Gasteiger partial charge in [0, 0.05) is 125 Å². The molecule has 758 valence electrons. The van der Waals surface area contributed by atoms with Crippen LogP contribution in [0.25, 0.3) is 33.8 Å². The summed E-state index contributed by atoms with van der Waals surface area (Å²) >= 11 is 14.9. The van der Waals surface area contributed by atoms with Gasteiger partial charge in [0.1, 0.15) is 11.3 Å². The van der Waals surface area contributed by atoms with E-state index in [-0.39, 0.29) is 68.2 Å². The van der Waals surface area contributed by atoms with E-state index in [1.54, 1.807) is 58.0 Å². The summed E-state index contributed by atoms with van der Waals surface area (Å²) in [4.78, 5) is 85.1. The molecule has 141 heavy (non-hydrogen) atoms. The molecule has 12 aromatic rings. The zero-order valence-corrected chi connectivity index (χ0v) is 97.0. The number of fused-ring (bicyclic) bond motifs is 2. The number of aryl methyl sites for hydroxylation is 2. The molecule has 1 unspecified atom stereocenters. The number of nitrogen functional groups attached to an aromatic ring is 1. The summed E-state index contributed by atoms with van der Waals surface area (Å²) in [7, 11) is -6.69. The Morgan fingerprint density at radius 2 is 0.709 bits per heavy atom. The van der Waals surface area contributed by atoms with Crippen LogP contribution < -0.4 is 40.6 Å². The molecule has 1 aliphatic carbocycles. The number of alkyl halides is 1. The fraction of sp³-hybridized carbons (Fsp3) is 0.376. The maximum absolute atomic E-state index is 13.2. The number of anilines is 2. The third kappa shape index (κ3) is 45.9. The van der Waals surface area contributed by atoms with Crippen LogP contribution in [-0.4, -0.2) is 163 Å². The molecule has 7 heterocycles. The SMILES string of the molecule is C1CCCCC1.CC.CC.CC.CC.CC(=O)c1ccc(Br)cc1C.CC(=O)c1ccc(Br)cc1CBr.CC(=O)c1ccc(Br)cc1CN1CCCCC1.CS(=O)(=O)c1ccc(C(=O)Nc2ccc(-c3cn4ccccc4n3)cc2)c(CN2CCCCC2)c1.CS(=O)(=O)c1ccc(C(=O)O)c(CN2CCCCC2)c1.CS(=O)[O-].Cc1cc(Br)ccc1C(=O)O.Nc1ccc(-c2cn3ccccc3n2)cc1.[Na+]. The van der Waals surface area contributed by atoms with Crippen molar-refractivity contribution in [1.82, 2.24) is 33.5 Å². The van der Waals surface area contributed by atoms with E-state index in [1.165, 1.54) is 101 Å². The van der Waals surface area contributed by atoms with Crippen molar-refractivity contribution in [2.24, 2.45) is 0 Å². The van der Waals surface area contributed by atoms with E-state index in [9.17, 15) is 50.7 Å². The summed E-state index contributed by atoms with van der Waals surface area (Å²) < 4.78 is 73.4. The van der Waals surface area contributed by atoms with E-state index in [2.05, 4.69) is 116 Å². The van der Waals surface area contributed by atoms with Crippen molar-refractivity contribution in [3.8, 4) is 22.5 Å². The van der Waals surface area contributed by atoms with Crippen molar-refractivity contribution >= 4 is 168 Å². The molecule has 4 fully saturated rings. The Hall–Kier alpha value is -8.35. The summed E-state index contributed by atoms with van der Waals surface area (Å²) in [6.07, 6.45) is 31.1. The van der Waals surface area contributed by atoms with Crippen molar-refractivity contribution in [2.45, 2.75) is 221 Å². The predicted molar refractivity (Wildman–Crippen MR) is 591 cm³/mol. The number of carboxylic acid groups (broad SMARTS) is 2. The molecule has 3 aliphatic heterocycles. The summed E-state index contributed by atoms with van der Waals surface area (Å²) in [6.45, 7) is 32.5. The van der Waals surface area contributed by atoms with E-state index in [1.807, 2.05) is 229 Å². The van der Waals surface area contributed by atoms with Crippen LogP contribution in [0.3, 0.4) is 0 Å². The number of piperidine rings is 3. The first-order valence-corrected chi connectivity index (χ1v) is 57.0. The number of likely N-dealkylation sites (tertiary alicyclic amines) is 3. The molecule has 0 bridgehead atoms. The number of carbonyl (C=O) groups is 6. The van der Waals surface area contributed by atoms with Crippen molar-refractivity contribution < 1.29 is 94.1 Å². The number of hydrogen-bond acceptors (Lipinski definition) is 18. The molecule has 16 rings (SSSR count). The maximum Gasteiger partial charge on any atom is 1.00 e. The number of aromatic nitrogens is 4. The third-order valence-corrected chi connectivity index (χ3v) is 26.7. The number of sulfone groups is 2. The summed E-state index contributed by atoms with van der Waals surface area (Å²) in [5.74, 6) is -1.76. The molecule has 23 nitrogen and oxygen atoms in total. The Labute approximate surface area is 903 Å². The van der Waals surface area contributed by atoms with Crippen LogP contribution in [0.4, 0.5) is 11.4 Å². The van der Waals surface area contributed by atoms with E-state index in [0.717, 1.165) is 186 Å². The molecule has 0 radical (unpaired) electrons. The molecule has 4 aromatic heterocycles. The summed E-state index contributed by atoms with van der Waals surface area (Å²) in [5, 5.41) is 21.5. The number of amides is 1. The number of imidazole rings is 2. The van der Waals surface area contributed by atoms with Crippen LogP contribution >= 0.6 is 79.6 Å². The maximum atomic E-state index is 13.2. The van der Waals surface area contributed by atoms with Crippen LogP contribution in [0, 0.1) is 13.8 Å². The van der Waals surface area contributed by atoms with Crippen molar-refractivity contribution in [2.75, 3.05) is 69.1 Å². The van der Waals surface area contributed by atoms with Gasteiger partial charge in [0.15, 0.2) is 37.0 Å². The molecule has 1 saturated carbocycles. The fourth-order valence-corrected chi connectivity index (χ4v) is 18.7. The molecular weight excluding hydrogens is 2180 g/mol. The van der Waals surface area contributed by atoms with Gasteiger partial charge in [-0.3, -0.25) is 38.1 Å². The first-order valence-electron chi connectivity index (χ1n) is 47.5. The number of carbonyl (C=O) groups excluding carboxylic acids is 4. The number of aromatic carboxylic acids is 2. The number of carboxylic acids is 2. The van der Waals surface area contributed by atoms with Gasteiger partial charge in [-0.2, -0.15) is 0 Å². The number of ketones is 3. The smallest absolute Gasteiger partial charge is 0.773 e. The molecule has 1 atom stereocenters. The van der Waals surface area contributed by atoms with Crippen LogP contribution in [0.1, 0.15) is 268 Å². The summed E-state index contributed by atoms with van der Waals surface area (Å²) in [5.41, 5.74) is 21.5. The number of halogens is 5. The van der Waals surface area contributed by atoms with Crippen LogP contribution in [0.2, 0.25) is 0 Å². The normalized spacial score (nSPS) is 13.3. The van der Waals surface area contributed by atoms with E-state index in [4.69, 9.17) is 19.6 Å². The molecule has 8 aromatic carbocycles. The predicted octanol–water partition coefficient (Wildman–Crippen LogP) is 24.5. The molecule has 5 N–H and O–H groups in total. The third-order valence-electron chi connectivity index (χ3n) is 21.9. The quantitative estimate of drug-likeness (QED) is 0.0204. The zero-order chi connectivity index (χ0) is 104. The van der Waals surface area contributed by atoms with E-state index >= 15 is 0 Å². The van der Waals surface area contributed by atoms with Gasteiger partial charge in [0.25, 0.3) is 5.91 Å². The monoisotopic (exact) mass is 2310 g/mol. The standard InChI is InChI=1S/C27H28N4O3S.C14H18BrNO.C14H19NO4S.C13H11N3.C9H8Br2O.C9H9BrO.C8H7BrO2.C6H12.4C2H6.CH4O2S.Na/c1-35(33,34)23-12-13-24(21(17-23)18-30-14-4-2-5-15-30)27(32)28-22-10-8-20(9-11-22)25-19-31-16-6-3-7-26(31)29-25;1-11(17)14-6-5-13(15)9-12(14)10-16-7-3-2-4-8-16;1-20(18,19)12-5-6-13(14(16)17)11(9-12)10-15-7-3-2-4-8-15;14-11-6-4-10(5-7-11)12-9-16-8-2-1-3-13(16)15-12;1-6(12)9-3-2-8(11)4-7(9)5-10;1-6-5-8(10)3-4-9(6)7(2)11;1-5-4-6(9)2-3-7(5)8(10)11;1-2-4-6-5-3-1;4*1-2;1-4(2)3;/h3,6-13,16-17,19H,2,4-5,14-15,18H2,1H3,(H,28,32);5-6,9H,2-4,7-8,10H2,1H3;5-6,9H,2-4,7-8,10H2,1H3,(H,16,17);1-9H,14H2;2-4H,5H2,1H3;3-5H,1-2H3;2-4H,1H3,(H,10,11);1-6H2;4*1-2H3;1H3,(H,2,3);/q;;;;;;;;;;;;;+1/p-1. The fourth-order valence-electron chi connectivity index (χ4n) is 15.1. The minimum atomic E-state index is -3.37. The molecule has 4 aliphatic rings. The van der Waals surface area contributed by atoms with Crippen molar-refractivity contribution in [3.05, 3.63) is 304 Å². The number of rotatable bonds is 18. The van der Waals surface area contributed by atoms with Crippen LogP contribution in [0.5, 0.6) is 0 Å². The molecule has 3 saturated heterocycles. The topological polar surface area (TPSA) is 334 Å². The Morgan fingerprint density at radius 3 is 1.04 bits per heavy atom. The minimum absolute atomic E-state index is 0. The summed E-state index contributed by atoms with van der Waals surface area (Å²) in [6, 6.07) is 58.5. The Balaban J connectivity index is 0.000000425. The van der Waals surface area contributed by atoms with Crippen molar-refractivity contribution in [1.29, 1.82) is 0 Å². The largest absolute Gasteiger partial charge is 1.00 e. The molecule has 32 heteroatoms. The number of nitrogens with two attached hydrogens (primary N) is 1. The second-order valence-corrected chi connectivity index (χ2v) is 41.5. The molecular formula is C109H139Br5N9NaO14S3. The number of benzene rings is 8. The first-order chi connectivity index (χ1) is 66.8. The van der Waals surface area contributed by atoms with Gasteiger partial charge in [-0.05, 0) is 304 Å². The van der Waals surface area contributed by atoms with Gasteiger partial charge >= 0.3 is 41.5 Å². The van der Waals surface area contributed by atoms with E-state index in [0.29, 0.717) is 40.8 Å². The van der Waals surface area contributed by atoms with Gasteiger partial charge in [-0.1, -0.05) is 246 Å². The second kappa shape index (κ2) is 68.1. The Bertz CT molecular complexity index is 6020. The number of nitrogens with one attached hydrogen (secondary N) is 1. The molecule has 0 spiro atoms. The van der Waals surface area contributed by atoms with Gasteiger partial charge in [0.05, 0.1) is 32.3 Å². The molecule has 1 amide bonds. The number of pyridine rings is 2. The number of hydrogen-bond donors (Lipinski definition) is 4. The van der Waals surface area contributed by atoms with Crippen molar-refractivity contribution in [3.63, 3.8) is 0 Å². The van der Waals surface area contributed by atoms with Gasteiger partial charge in [0.2, 0.25) is 0 Å². The zero-order valence-electron chi connectivity index (χ0n) is 84.6. The number of nitrogens with zero attached hydrogens (tertiary/aromatic N) is 7. The Morgan fingerprint density at radius 1 is 0.411 bits per heavy atom. The Kier molecular flexibility index (Phi) is 61.2. The number of Topliss-reactive ketones (excluding diaryl/α,β-unsaturated/α-hetero) is 3. The minimum Gasteiger partial charge on any atom is -0.773 e. The van der Waals surface area contributed by atoms with Gasteiger partial charge in [-0.15, -0.1) is 0 Å². The van der Waals surface area contributed by atoms with Gasteiger partial charge in [-0.25, -0.2) is 36.4 Å². The first kappa shape index (κ1) is 127. The van der Waals surface area contributed by atoms with Gasteiger partial charge < -0.3 is 34.6 Å². The second-order valence-electron chi connectivity index (χ2n) is 32.5. The van der Waals surface area contributed by atoms with Crippen LogP contribution in [0.15, 0.2) is 247 Å². The average Bonchev–Trinajstić information content (AvgIpc) is 1.77. The average molecular weight is 2320 g/mol. The van der Waals surface area contributed by atoms with E-state index < -0.39 is 42.7 Å².